The molecule has 0 heterocycles. The Kier molecular flexibility index (Phi) is 5.51. The number of nitrogens with two attached hydrogens (primary N) is 1. The minimum atomic E-state index is -1.19. The molecule has 3 aromatic carbocycles. The number of hydrogen-bond donors (Lipinski definition) is 1. The maximum absolute atomic E-state index is 13.0. The molecule has 0 aliphatic rings. The first kappa shape index (κ1) is 17.2. The van der Waals surface area contributed by atoms with Crippen LogP contribution < -0.4 is 10.5 Å². The van der Waals surface area contributed by atoms with Crippen molar-refractivity contribution >= 4 is 16.5 Å². The lowest BCUT2D eigenvalue weighted by Crippen LogP contribution is -2.08. The van der Waals surface area contributed by atoms with E-state index in [2.05, 4.69) is 0 Å². The van der Waals surface area contributed by atoms with E-state index in [1.54, 1.807) is 6.07 Å². The van der Waals surface area contributed by atoms with Gasteiger partial charge in [0.05, 0.1) is 20.9 Å². The van der Waals surface area contributed by atoms with Crippen molar-refractivity contribution in [2.45, 2.75) is 23.5 Å². The van der Waals surface area contributed by atoms with Gasteiger partial charge in [0.25, 0.3) is 0 Å². The fourth-order valence-corrected chi connectivity index (χ4v) is 4.23. The molecule has 2 N–H and O–H groups in total. The number of benzene rings is 3. The Balaban J connectivity index is 1.80. The summed E-state index contributed by atoms with van der Waals surface area (Å²) < 4.78 is 18.8. The third-order valence-electron chi connectivity index (χ3n) is 4.00. The molecule has 0 aliphatic heterocycles. The molecule has 0 aromatic heterocycles. The Hall–Kier alpha value is -2.59. The summed E-state index contributed by atoms with van der Waals surface area (Å²) >= 11 is 0. The van der Waals surface area contributed by atoms with Crippen molar-refractivity contribution < 1.29 is 8.95 Å². The van der Waals surface area contributed by atoms with Crippen molar-refractivity contribution in [1.82, 2.24) is 0 Å². The van der Waals surface area contributed by atoms with Gasteiger partial charge in [-0.15, -0.1) is 0 Å². The molecule has 0 spiro atoms. The maximum atomic E-state index is 13.0. The summed E-state index contributed by atoms with van der Waals surface area (Å²) in [5, 5.41) is -0.101. The van der Waals surface area contributed by atoms with E-state index in [9.17, 15) is 4.21 Å². The quantitative estimate of drug-likeness (QED) is 0.612. The molecule has 0 bridgehead atoms. The first-order valence-corrected chi connectivity index (χ1v) is 9.48. The van der Waals surface area contributed by atoms with Crippen molar-refractivity contribution in [2.75, 3.05) is 5.73 Å². The van der Waals surface area contributed by atoms with E-state index in [1.807, 2.05) is 79.7 Å². The second-order valence-electron chi connectivity index (χ2n) is 5.72. The molecule has 25 heavy (non-hydrogen) atoms. The van der Waals surface area contributed by atoms with Crippen molar-refractivity contribution in [1.29, 1.82) is 0 Å². The second-order valence-corrected chi connectivity index (χ2v) is 7.32. The maximum Gasteiger partial charge on any atom is 0.127 e. The molecule has 3 rings (SSSR count). The van der Waals surface area contributed by atoms with Gasteiger partial charge in [0, 0.05) is 5.69 Å². The topological polar surface area (TPSA) is 52.3 Å². The minimum Gasteiger partial charge on any atom is -0.457 e. The summed E-state index contributed by atoms with van der Waals surface area (Å²) in [6.45, 7) is 2.04. The SMILES string of the molecule is CC[C@H](c1ccc(Oc2ccccc2)cc1)[S@](=O)c1ccccc1N. The average molecular weight is 351 g/mol. The van der Waals surface area contributed by atoms with E-state index in [4.69, 9.17) is 10.5 Å². The van der Waals surface area contributed by atoms with E-state index in [0.717, 1.165) is 23.5 Å². The van der Waals surface area contributed by atoms with Crippen LogP contribution in [0.5, 0.6) is 11.5 Å². The van der Waals surface area contributed by atoms with Crippen LogP contribution in [-0.4, -0.2) is 4.21 Å². The summed E-state index contributed by atoms with van der Waals surface area (Å²) in [5.41, 5.74) is 7.58. The molecule has 128 valence electrons. The molecular formula is C21H21NO2S. The number of hydrogen-bond acceptors (Lipinski definition) is 3. The fourth-order valence-electron chi connectivity index (χ4n) is 2.70. The summed E-state index contributed by atoms with van der Waals surface area (Å²) in [7, 11) is -1.19. The molecule has 0 aliphatic carbocycles. The summed E-state index contributed by atoms with van der Waals surface area (Å²) in [4.78, 5) is 0.693. The Morgan fingerprint density at radius 1 is 0.880 bits per heavy atom. The highest BCUT2D eigenvalue weighted by atomic mass is 32.2. The van der Waals surface area contributed by atoms with Gasteiger partial charge in [0.1, 0.15) is 11.5 Å². The lowest BCUT2D eigenvalue weighted by molar-refractivity contribution is 0.482. The minimum absolute atomic E-state index is 0.101. The molecule has 0 radical (unpaired) electrons. The number of anilines is 1. The Labute approximate surface area is 150 Å². The van der Waals surface area contributed by atoms with Crippen LogP contribution in [0.4, 0.5) is 5.69 Å². The predicted octanol–water partition coefficient (Wildman–Crippen LogP) is 5.32. The van der Waals surface area contributed by atoms with Crippen LogP contribution in [0, 0.1) is 0 Å². The third-order valence-corrected chi connectivity index (χ3v) is 5.92. The van der Waals surface area contributed by atoms with Gasteiger partial charge in [-0.1, -0.05) is 49.4 Å². The third kappa shape index (κ3) is 4.09. The molecule has 3 nitrogen and oxygen atoms in total. The molecular weight excluding hydrogens is 330 g/mol. The zero-order chi connectivity index (χ0) is 17.6. The van der Waals surface area contributed by atoms with Gasteiger partial charge in [0.15, 0.2) is 0 Å². The van der Waals surface area contributed by atoms with Gasteiger partial charge in [-0.05, 0) is 48.4 Å². The van der Waals surface area contributed by atoms with Crippen molar-refractivity contribution in [3.8, 4) is 11.5 Å². The van der Waals surface area contributed by atoms with Gasteiger partial charge in [-0.3, -0.25) is 4.21 Å². The van der Waals surface area contributed by atoms with E-state index < -0.39 is 10.8 Å². The second kappa shape index (κ2) is 7.99. The van der Waals surface area contributed by atoms with Gasteiger partial charge in [0.2, 0.25) is 0 Å². The van der Waals surface area contributed by atoms with Crippen LogP contribution in [-0.2, 0) is 10.8 Å². The number of nitrogen functional groups attached to an aromatic ring is 1. The van der Waals surface area contributed by atoms with Gasteiger partial charge >= 0.3 is 0 Å². The molecule has 3 aromatic rings. The van der Waals surface area contributed by atoms with Crippen LogP contribution >= 0.6 is 0 Å². The molecule has 4 heteroatoms. The predicted molar refractivity (Wildman–Crippen MR) is 103 cm³/mol. The highest BCUT2D eigenvalue weighted by Gasteiger charge is 2.20. The molecule has 0 amide bonds. The average Bonchev–Trinajstić information content (AvgIpc) is 2.65. The van der Waals surface area contributed by atoms with Crippen molar-refractivity contribution in [3.63, 3.8) is 0 Å². The number of ether oxygens (including phenoxy) is 1. The van der Waals surface area contributed by atoms with Crippen molar-refractivity contribution in [2.24, 2.45) is 0 Å². The smallest absolute Gasteiger partial charge is 0.127 e. The monoisotopic (exact) mass is 351 g/mol. The van der Waals surface area contributed by atoms with Gasteiger partial charge in [-0.2, -0.15) is 0 Å². The largest absolute Gasteiger partial charge is 0.457 e. The molecule has 0 fully saturated rings. The summed E-state index contributed by atoms with van der Waals surface area (Å²) in [6, 6.07) is 24.8. The highest BCUT2D eigenvalue weighted by molar-refractivity contribution is 7.85. The normalized spacial score (nSPS) is 13.2. The van der Waals surface area contributed by atoms with E-state index in [1.165, 1.54) is 0 Å². The van der Waals surface area contributed by atoms with Gasteiger partial charge < -0.3 is 10.5 Å². The van der Waals surface area contributed by atoms with E-state index >= 15 is 0 Å². The first-order chi connectivity index (χ1) is 12.2. The molecule has 0 unspecified atom stereocenters. The van der Waals surface area contributed by atoms with Crippen molar-refractivity contribution in [3.05, 3.63) is 84.4 Å². The van der Waals surface area contributed by atoms with Crippen LogP contribution in [0.1, 0.15) is 24.2 Å². The zero-order valence-corrected chi connectivity index (χ0v) is 14.9. The summed E-state index contributed by atoms with van der Waals surface area (Å²) in [5.74, 6) is 1.55. The van der Waals surface area contributed by atoms with Crippen LogP contribution in [0.15, 0.2) is 83.8 Å². The molecule has 2 atom stereocenters. The summed E-state index contributed by atoms with van der Waals surface area (Å²) in [6.07, 6.45) is 0.764. The Morgan fingerprint density at radius 2 is 1.48 bits per heavy atom. The van der Waals surface area contributed by atoms with Gasteiger partial charge in [-0.25, -0.2) is 0 Å². The standard InChI is InChI=1S/C21H21NO2S/c1-2-20(25(23)21-11-7-6-10-19(21)22)16-12-14-18(15-13-16)24-17-8-4-3-5-9-17/h3-15,20H,2,22H2,1H3/t20-,25+/m1/s1. The van der Waals surface area contributed by atoms with Crippen LogP contribution in [0.3, 0.4) is 0 Å². The van der Waals surface area contributed by atoms with Crippen LogP contribution in [0.2, 0.25) is 0 Å². The first-order valence-electron chi connectivity index (χ1n) is 8.27. The highest BCUT2D eigenvalue weighted by Crippen LogP contribution is 2.32. The van der Waals surface area contributed by atoms with E-state index in [0.29, 0.717) is 10.6 Å². The molecule has 0 saturated heterocycles. The lowest BCUT2D eigenvalue weighted by Gasteiger charge is -2.17. The number of para-hydroxylation sites is 2. The molecule has 0 saturated carbocycles. The lowest BCUT2D eigenvalue weighted by atomic mass is 10.1. The number of rotatable bonds is 6. The van der Waals surface area contributed by atoms with Crippen LogP contribution in [0.25, 0.3) is 0 Å². The van der Waals surface area contributed by atoms with E-state index in [-0.39, 0.29) is 5.25 Å². The Bertz CT molecular complexity index is 847. The fraction of sp³-hybridized carbons (Fsp3) is 0.143. The Morgan fingerprint density at radius 3 is 2.12 bits per heavy atom. The zero-order valence-electron chi connectivity index (χ0n) is 14.1.